The smallest absolute Gasteiger partial charge is 0.00629 e. The zero-order chi connectivity index (χ0) is 23.5. The third-order valence-corrected chi connectivity index (χ3v) is 6.93. The summed E-state index contributed by atoms with van der Waals surface area (Å²) in [5.74, 6) is 0.981. The van der Waals surface area contributed by atoms with Crippen molar-refractivity contribution in [2.75, 3.05) is 0 Å². The molecule has 1 aliphatic carbocycles. The van der Waals surface area contributed by atoms with Crippen molar-refractivity contribution in [3.63, 3.8) is 0 Å². The summed E-state index contributed by atoms with van der Waals surface area (Å²) < 4.78 is 0. The maximum atomic E-state index is 2.57. The van der Waals surface area contributed by atoms with E-state index in [4.69, 9.17) is 0 Å². The van der Waals surface area contributed by atoms with Crippen LogP contribution in [0.5, 0.6) is 0 Å². The van der Waals surface area contributed by atoms with Gasteiger partial charge in [0.25, 0.3) is 0 Å². The molecule has 0 spiro atoms. The Balaban J connectivity index is 2.18. The summed E-state index contributed by atoms with van der Waals surface area (Å²) in [7, 11) is 0. The predicted molar refractivity (Wildman–Crippen MR) is 141 cm³/mol. The van der Waals surface area contributed by atoms with Crippen molar-refractivity contribution in [3.8, 4) is 0 Å². The monoisotopic (exact) mass is 426 g/mol. The largest absolute Gasteiger partial charge is 0.0767 e. The van der Waals surface area contributed by atoms with Gasteiger partial charge in [-0.15, -0.1) is 0 Å². The first-order valence-corrected chi connectivity index (χ1v) is 12.2. The molecule has 32 heavy (non-hydrogen) atoms. The molecule has 0 amide bonds. The molecule has 2 atom stereocenters. The summed E-state index contributed by atoms with van der Waals surface area (Å²) in [6.07, 6.45) is 11.7. The maximum Gasteiger partial charge on any atom is 0.00629 e. The number of aryl methyl sites for hydroxylation is 1. The number of benzene rings is 2. The molecule has 0 fully saturated rings. The second kappa shape index (κ2) is 9.65. The maximum absolute atomic E-state index is 2.57. The van der Waals surface area contributed by atoms with Gasteiger partial charge in [0, 0.05) is 11.3 Å². The SMILES string of the molecule is CC1=CC=CC([C@](C)(Cc2ccccc2)c2cc(C)cc(C(C)(C)C)c2)C=C1CC(C)C. The Morgan fingerprint density at radius 3 is 2.16 bits per heavy atom. The van der Waals surface area contributed by atoms with Gasteiger partial charge in [-0.3, -0.25) is 0 Å². The van der Waals surface area contributed by atoms with E-state index in [0.29, 0.717) is 11.8 Å². The fourth-order valence-corrected chi connectivity index (χ4v) is 4.87. The van der Waals surface area contributed by atoms with Gasteiger partial charge in [-0.05, 0) is 65.9 Å². The van der Waals surface area contributed by atoms with Crippen LogP contribution >= 0.6 is 0 Å². The Labute approximate surface area is 197 Å². The van der Waals surface area contributed by atoms with Gasteiger partial charge in [0.15, 0.2) is 0 Å². The summed E-state index contributed by atoms with van der Waals surface area (Å²) >= 11 is 0. The zero-order valence-corrected chi connectivity index (χ0v) is 21.5. The number of hydrogen-bond donors (Lipinski definition) is 0. The van der Waals surface area contributed by atoms with Crippen molar-refractivity contribution in [2.24, 2.45) is 11.8 Å². The molecular formula is C32H42. The predicted octanol–water partition coefficient (Wildman–Crippen LogP) is 8.90. The van der Waals surface area contributed by atoms with Gasteiger partial charge < -0.3 is 0 Å². The molecule has 2 aromatic rings. The van der Waals surface area contributed by atoms with Crippen LogP contribution in [-0.4, -0.2) is 0 Å². The van der Waals surface area contributed by atoms with Crippen LogP contribution in [0.25, 0.3) is 0 Å². The van der Waals surface area contributed by atoms with Crippen LogP contribution in [0.15, 0.2) is 84.0 Å². The van der Waals surface area contributed by atoms with Crippen molar-refractivity contribution in [3.05, 3.63) is 106 Å². The molecule has 0 N–H and O–H groups in total. The van der Waals surface area contributed by atoms with Gasteiger partial charge in [0.2, 0.25) is 0 Å². The highest BCUT2D eigenvalue weighted by Crippen LogP contribution is 2.42. The van der Waals surface area contributed by atoms with Gasteiger partial charge in [-0.25, -0.2) is 0 Å². The Hall–Kier alpha value is -2.34. The molecule has 3 rings (SSSR count). The van der Waals surface area contributed by atoms with Crippen LogP contribution in [0.4, 0.5) is 0 Å². The van der Waals surface area contributed by atoms with Crippen LogP contribution in [-0.2, 0) is 17.3 Å². The van der Waals surface area contributed by atoms with E-state index in [1.54, 1.807) is 0 Å². The van der Waals surface area contributed by atoms with E-state index in [2.05, 4.69) is 128 Å². The molecule has 0 bridgehead atoms. The molecule has 0 nitrogen and oxygen atoms in total. The van der Waals surface area contributed by atoms with Gasteiger partial charge in [-0.1, -0.05) is 120 Å². The fraction of sp³-hybridized carbons (Fsp3) is 0.438. The Morgan fingerprint density at radius 2 is 1.53 bits per heavy atom. The quantitative estimate of drug-likeness (QED) is 0.432. The highest BCUT2D eigenvalue weighted by Gasteiger charge is 2.35. The van der Waals surface area contributed by atoms with Crippen LogP contribution in [0.1, 0.15) is 77.1 Å². The van der Waals surface area contributed by atoms with Crippen LogP contribution in [0.2, 0.25) is 0 Å². The van der Waals surface area contributed by atoms with Gasteiger partial charge >= 0.3 is 0 Å². The molecule has 1 aliphatic rings. The van der Waals surface area contributed by atoms with Gasteiger partial charge in [0.05, 0.1) is 0 Å². The first kappa shape index (κ1) is 24.3. The molecule has 1 unspecified atom stereocenters. The second-order valence-electron chi connectivity index (χ2n) is 11.5. The average Bonchev–Trinajstić information content (AvgIpc) is 2.89. The average molecular weight is 427 g/mol. The minimum absolute atomic E-state index is 0.0371. The molecule has 170 valence electrons. The summed E-state index contributed by atoms with van der Waals surface area (Å²) in [5.41, 5.74) is 8.61. The molecule has 0 aliphatic heterocycles. The summed E-state index contributed by atoms with van der Waals surface area (Å²) in [5, 5.41) is 0. The minimum atomic E-state index is -0.0371. The molecule has 2 aromatic carbocycles. The third kappa shape index (κ3) is 5.71. The van der Waals surface area contributed by atoms with E-state index < -0.39 is 0 Å². The molecular weight excluding hydrogens is 384 g/mol. The van der Waals surface area contributed by atoms with Crippen LogP contribution < -0.4 is 0 Å². The molecule has 0 heterocycles. The Kier molecular flexibility index (Phi) is 7.33. The molecule has 0 aromatic heterocycles. The van der Waals surface area contributed by atoms with Crippen molar-refractivity contribution < 1.29 is 0 Å². The highest BCUT2D eigenvalue weighted by atomic mass is 14.4. The van der Waals surface area contributed by atoms with E-state index in [-0.39, 0.29) is 10.8 Å². The second-order valence-corrected chi connectivity index (χ2v) is 11.5. The van der Waals surface area contributed by atoms with E-state index in [9.17, 15) is 0 Å². The Morgan fingerprint density at radius 1 is 0.875 bits per heavy atom. The molecule has 0 saturated carbocycles. The standard InChI is InChI=1S/C32H42/c1-23(2)17-27-20-28(16-12-13-25(27)4)32(8,22-26-14-10-9-11-15-26)30-19-24(3)18-29(21-30)31(5,6)7/h9-16,18-21,23,28H,17,22H2,1-8H3/t28?,32-/m0/s1. The summed E-state index contributed by atoms with van der Waals surface area (Å²) in [4.78, 5) is 0. The van der Waals surface area contributed by atoms with E-state index in [0.717, 1.165) is 12.8 Å². The minimum Gasteiger partial charge on any atom is -0.0767 e. The number of rotatable bonds is 6. The topological polar surface area (TPSA) is 0 Å². The third-order valence-electron chi connectivity index (χ3n) is 6.93. The first-order chi connectivity index (χ1) is 15.0. The van der Waals surface area contributed by atoms with Crippen molar-refractivity contribution in [1.29, 1.82) is 0 Å². The lowest BCUT2D eigenvalue weighted by Crippen LogP contribution is -2.33. The lowest BCUT2D eigenvalue weighted by molar-refractivity contribution is 0.394. The number of hydrogen-bond acceptors (Lipinski definition) is 0. The lowest BCUT2D eigenvalue weighted by atomic mass is 9.66. The molecule has 0 saturated heterocycles. The van der Waals surface area contributed by atoms with Gasteiger partial charge in [0.1, 0.15) is 0 Å². The Bertz CT molecular complexity index is 1010. The fourth-order valence-electron chi connectivity index (χ4n) is 4.87. The van der Waals surface area contributed by atoms with Crippen molar-refractivity contribution in [1.82, 2.24) is 0 Å². The van der Waals surface area contributed by atoms with Crippen LogP contribution in [0, 0.1) is 18.8 Å². The first-order valence-electron chi connectivity index (χ1n) is 12.2. The summed E-state index contributed by atoms with van der Waals surface area (Å²) in [6.45, 7) is 18.6. The van der Waals surface area contributed by atoms with E-state index >= 15 is 0 Å². The molecule has 0 heteroatoms. The summed E-state index contributed by atoms with van der Waals surface area (Å²) in [6, 6.07) is 18.3. The molecule has 0 radical (unpaired) electrons. The van der Waals surface area contributed by atoms with Crippen molar-refractivity contribution in [2.45, 2.75) is 79.1 Å². The normalized spacial score (nSPS) is 18.7. The van der Waals surface area contributed by atoms with Gasteiger partial charge in [-0.2, -0.15) is 0 Å². The lowest BCUT2D eigenvalue weighted by Gasteiger charge is -2.37. The van der Waals surface area contributed by atoms with E-state index in [1.807, 2.05) is 0 Å². The van der Waals surface area contributed by atoms with Crippen LogP contribution in [0.3, 0.4) is 0 Å². The van der Waals surface area contributed by atoms with Crippen molar-refractivity contribution >= 4 is 0 Å². The highest BCUT2D eigenvalue weighted by molar-refractivity contribution is 5.44. The number of allylic oxidation sites excluding steroid dienone is 6. The van der Waals surface area contributed by atoms with E-state index in [1.165, 1.54) is 33.4 Å². The zero-order valence-electron chi connectivity index (χ0n) is 21.5.